The molecule has 2 aromatic rings. The third kappa shape index (κ3) is 3.26. The largest absolute Gasteiger partial charge is 0.464 e. The molecule has 3 aliphatic heterocycles. The highest BCUT2D eigenvalue weighted by molar-refractivity contribution is 6.07. The van der Waals surface area contributed by atoms with Crippen molar-refractivity contribution in [3.05, 3.63) is 60.7 Å². The number of aromatic nitrogens is 2. The van der Waals surface area contributed by atoms with Crippen LogP contribution in [0.5, 0.6) is 0 Å². The molecule has 0 radical (unpaired) electrons. The lowest BCUT2D eigenvalue weighted by molar-refractivity contribution is 0.147. The van der Waals surface area contributed by atoms with Crippen molar-refractivity contribution < 1.29 is 4.74 Å². The van der Waals surface area contributed by atoms with Gasteiger partial charge in [0.05, 0.1) is 6.20 Å². The predicted octanol–water partition coefficient (Wildman–Crippen LogP) is 3.26. The second-order valence-electron chi connectivity index (χ2n) is 8.04. The molecule has 1 fully saturated rings. The van der Waals surface area contributed by atoms with E-state index in [9.17, 15) is 0 Å². The Morgan fingerprint density at radius 1 is 1.24 bits per heavy atom. The fraction of sp³-hybridized carbons (Fsp3) is 0.364. The number of fused-ring (bicyclic) bond motifs is 1. The van der Waals surface area contributed by atoms with E-state index in [1.54, 1.807) is 18.7 Å². The lowest BCUT2D eigenvalue weighted by atomic mass is 9.94. The Kier molecular flexibility index (Phi) is 4.30. The minimum atomic E-state index is -0.576. The average Bonchev–Trinajstić information content (AvgIpc) is 3.33. The van der Waals surface area contributed by atoms with Gasteiger partial charge in [0.2, 0.25) is 5.90 Å². The van der Waals surface area contributed by atoms with E-state index in [1.165, 1.54) is 6.42 Å². The van der Waals surface area contributed by atoms with E-state index in [0.29, 0.717) is 11.8 Å². The van der Waals surface area contributed by atoms with Crippen molar-refractivity contribution in [1.82, 2.24) is 9.97 Å². The first kappa shape index (κ1) is 17.8. The summed E-state index contributed by atoms with van der Waals surface area (Å²) < 4.78 is 6.25. The Bertz CT molecular complexity index is 1000. The third-order valence-corrected chi connectivity index (χ3v) is 5.68. The molecule has 7 heteroatoms. The molecule has 4 heterocycles. The number of hydrogen-bond acceptors (Lipinski definition) is 7. The van der Waals surface area contributed by atoms with Crippen molar-refractivity contribution in [3.8, 4) is 0 Å². The van der Waals surface area contributed by atoms with Crippen LogP contribution >= 0.6 is 0 Å². The monoisotopic (exact) mass is 388 g/mol. The molecular weight excluding hydrogens is 364 g/mol. The van der Waals surface area contributed by atoms with Gasteiger partial charge in [-0.05, 0) is 37.5 Å². The van der Waals surface area contributed by atoms with Gasteiger partial charge in [0.25, 0.3) is 0 Å². The number of nitrogens with one attached hydrogen (secondary N) is 1. The molecule has 1 aromatic carbocycles. The van der Waals surface area contributed by atoms with E-state index in [2.05, 4.69) is 32.1 Å². The van der Waals surface area contributed by atoms with Crippen LogP contribution in [0.25, 0.3) is 0 Å². The van der Waals surface area contributed by atoms with Gasteiger partial charge in [0, 0.05) is 24.9 Å². The lowest BCUT2D eigenvalue weighted by Gasteiger charge is -2.30. The van der Waals surface area contributed by atoms with Crippen LogP contribution in [0.15, 0.2) is 65.1 Å². The summed E-state index contributed by atoms with van der Waals surface area (Å²) >= 11 is 0. The molecular formula is C22H24N6O. The van der Waals surface area contributed by atoms with Crippen LogP contribution < -0.4 is 10.2 Å². The van der Waals surface area contributed by atoms with Crippen molar-refractivity contribution in [2.75, 3.05) is 23.3 Å². The highest BCUT2D eigenvalue weighted by Gasteiger charge is 2.46. The van der Waals surface area contributed by atoms with Gasteiger partial charge in [-0.1, -0.05) is 25.1 Å². The second kappa shape index (κ2) is 6.99. The summed E-state index contributed by atoms with van der Waals surface area (Å²) in [7, 11) is 0. The summed E-state index contributed by atoms with van der Waals surface area (Å²) in [6, 6.07) is 9.71. The molecule has 0 amide bonds. The molecule has 0 saturated carbocycles. The standard InChI is InChI=1S/C22H24N6O/c1-15-8-11-28(13-15)20-17(12-23-14-25-20)26-19-18-22(2,9-10-24-19)29-21(27-18)16-6-4-3-5-7-16/h3-7,9-10,12,14-15,18H,8,11,13H2,1-2H3,(H,24,26). The van der Waals surface area contributed by atoms with Crippen LogP contribution in [0.4, 0.5) is 11.5 Å². The number of nitrogens with zero attached hydrogens (tertiary/aromatic N) is 5. The van der Waals surface area contributed by atoms with Crippen LogP contribution in [0, 0.1) is 5.92 Å². The number of aliphatic imine (C=N–C) groups is 2. The molecule has 1 N–H and O–H groups in total. The third-order valence-electron chi connectivity index (χ3n) is 5.68. The second-order valence-corrected chi connectivity index (χ2v) is 8.04. The highest BCUT2D eigenvalue weighted by atomic mass is 16.5. The molecule has 29 heavy (non-hydrogen) atoms. The summed E-state index contributed by atoms with van der Waals surface area (Å²) in [6.07, 6.45) is 8.32. The Hall–Kier alpha value is -3.22. The van der Waals surface area contributed by atoms with Crippen molar-refractivity contribution in [2.24, 2.45) is 15.9 Å². The topological polar surface area (TPSA) is 75.0 Å². The van der Waals surface area contributed by atoms with Gasteiger partial charge in [-0.3, -0.25) is 0 Å². The predicted molar refractivity (Wildman–Crippen MR) is 114 cm³/mol. The van der Waals surface area contributed by atoms with Crippen LogP contribution in [0.1, 0.15) is 25.8 Å². The first-order chi connectivity index (χ1) is 14.1. The van der Waals surface area contributed by atoms with E-state index in [-0.39, 0.29) is 6.04 Å². The maximum Gasteiger partial charge on any atom is 0.217 e. The van der Waals surface area contributed by atoms with E-state index >= 15 is 0 Å². The quantitative estimate of drug-likeness (QED) is 0.874. The minimum absolute atomic E-state index is 0.256. The Balaban J connectivity index is 1.44. The van der Waals surface area contributed by atoms with Crippen LogP contribution in [-0.2, 0) is 4.74 Å². The fourth-order valence-corrected chi connectivity index (χ4v) is 4.07. The molecule has 3 atom stereocenters. The van der Waals surface area contributed by atoms with E-state index in [1.807, 2.05) is 43.3 Å². The van der Waals surface area contributed by atoms with Gasteiger partial charge in [-0.15, -0.1) is 0 Å². The molecule has 3 unspecified atom stereocenters. The smallest absolute Gasteiger partial charge is 0.217 e. The average molecular weight is 388 g/mol. The zero-order valence-corrected chi connectivity index (χ0v) is 16.6. The summed E-state index contributed by atoms with van der Waals surface area (Å²) in [4.78, 5) is 20.5. The van der Waals surface area contributed by atoms with E-state index < -0.39 is 5.60 Å². The van der Waals surface area contributed by atoms with Gasteiger partial charge >= 0.3 is 0 Å². The number of benzene rings is 1. The Morgan fingerprint density at radius 3 is 2.90 bits per heavy atom. The van der Waals surface area contributed by atoms with Gasteiger partial charge in [0.1, 0.15) is 17.9 Å². The van der Waals surface area contributed by atoms with Crippen molar-refractivity contribution in [3.63, 3.8) is 0 Å². The summed E-state index contributed by atoms with van der Waals surface area (Å²) in [5, 5.41) is 3.45. The number of hydrogen-bond donors (Lipinski definition) is 1. The van der Waals surface area contributed by atoms with Gasteiger partial charge in [-0.2, -0.15) is 0 Å². The Morgan fingerprint density at radius 2 is 2.10 bits per heavy atom. The lowest BCUT2D eigenvalue weighted by Crippen LogP contribution is -2.45. The molecule has 5 rings (SSSR count). The molecule has 1 aromatic heterocycles. The summed E-state index contributed by atoms with van der Waals surface area (Å²) in [6.45, 7) is 6.30. The number of rotatable bonds is 3. The highest BCUT2D eigenvalue weighted by Crippen LogP contribution is 2.34. The molecule has 0 bridgehead atoms. The SMILES string of the molecule is CC1CCN(c2ncncc2NC2=NC=CC3(C)OC(c4ccccc4)=NC23)C1. The van der Waals surface area contributed by atoms with Crippen LogP contribution in [0.2, 0.25) is 0 Å². The molecule has 1 saturated heterocycles. The van der Waals surface area contributed by atoms with E-state index in [4.69, 9.17) is 9.73 Å². The minimum Gasteiger partial charge on any atom is -0.464 e. The van der Waals surface area contributed by atoms with Gasteiger partial charge in [0.15, 0.2) is 17.5 Å². The normalized spacial score (nSPS) is 27.9. The molecule has 0 aliphatic carbocycles. The fourth-order valence-electron chi connectivity index (χ4n) is 4.07. The maximum absolute atomic E-state index is 6.25. The first-order valence-corrected chi connectivity index (χ1v) is 10.0. The maximum atomic E-state index is 6.25. The zero-order chi connectivity index (χ0) is 19.8. The van der Waals surface area contributed by atoms with Crippen molar-refractivity contribution >= 4 is 23.2 Å². The van der Waals surface area contributed by atoms with Gasteiger partial charge in [-0.25, -0.2) is 20.0 Å². The van der Waals surface area contributed by atoms with Crippen molar-refractivity contribution in [1.29, 1.82) is 0 Å². The Labute approximate surface area is 170 Å². The molecule has 7 nitrogen and oxygen atoms in total. The summed E-state index contributed by atoms with van der Waals surface area (Å²) in [5.41, 5.74) is 1.24. The molecule has 3 aliphatic rings. The number of amidine groups is 1. The van der Waals surface area contributed by atoms with Crippen LogP contribution in [-0.4, -0.2) is 46.4 Å². The molecule has 148 valence electrons. The molecule has 0 spiro atoms. The van der Waals surface area contributed by atoms with Crippen LogP contribution in [0.3, 0.4) is 0 Å². The first-order valence-electron chi connectivity index (χ1n) is 10.0. The summed E-state index contributed by atoms with van der Waals surface area (Å²) in [5.74, 6) is 2.95. The van der Waals surface area contributed by atoms with Crippen molar-refractivity contribution in [2.45, 2.75) is 31.9 Å². The zero-order valence-electron chi connectivity index (χ0n) is 16.6. The van der Waals surface area contributed by atoms with Gasteiger partial charge < -0.3 is 15.0 Å². The number of ether oxygens (including phenoxy) is 1. The number of anilines is 2. The van der Waals surface area contributed by atoms with E-state index in [0.717, 1.165) is 36.0 Å².